The Labute approximate surface area is 163 Å². The monoisotopic (exact) mass is 390 g/mol. The molecule has 0 spiro atoms. The first-order chi connectivity index (χ1) is 13.5. The van der Waals surface area contributed by atoms with Gasteiger partial charge < -0.3 is 24.4 Å². The van der Waals surface area contributed by atoms with Gasteiger partial charge in [0.1, 0.15) is 17.2 Å². The van der Waals surface area contributed by atoms with E-state index in [2.05, 4.69) is 5.32 Å². The molecule has 0 saturated heterocycles. The van der Waals surface area contributed by atoms with Crippen LogP contribution in [0.3, 0.4) is 0 Å². The van der Waals surface area contributed by atoms with Gasteiger partial charge in [0, 0.05) is 26.5 Å². The molecule has 7 nitrogen and oxygen atoms in total. The van der Waals surface area contributed by atoms with Gasteiger partial charge in [0.2, 0.25) is 0 Å². The van der Waals surface area contributed by atoms with Gasteiger partial charge in [-0.3, -0.25) is 0 Å². The number of benzene rings is 1. The fourth-order valence-corrected chi connectivity index (χ4v) is 2.68. The van der Waals surface area contributed by atoms with E-state index in [9.17, 15) is 14.0 Å². The summed E-state index contributed by atoms with van der Waals surface area (Å²) in [4.78, 5) is 26.0. The standard InChI is InChI=1S/C20H23FN2O5/c1-26-13-7-11-22-16-10-6-9-15(21)18(16)23-12-5-4-8-14(19(24)27-2)17(23)20(25)28-3/h4-6,8-10,12,22H,7,11,13H2,1-3H3. The predicted octanol–water partition coefficient (Wildman–Crippen LogP) is 2.76. The normalized spacial score (nSPS) is 13.4. The Hall–Kier alpha value is -3.13. The van der Waals surface area contributed by atoms with E-state index in [1.54, 1.807) is 31.4 Å². The van der Waals surface area contributed by atoms with Gasteiger partial charge in [-0.15, -0.1) is 0 Å². The molecule has 0 unspecified atom stereocenters. The van der Waals surface area contributed by atoms with Crippen molar-refractivity contribution in [1.29, 1.82) is 0 Å². The summed E-state index contributed by atoms with van der Waals surface area (Å²) in [7, 11) is 3.99. The molecule has 0 bridgehead atoms. The maximum absolute atomic E-state index is 14.8. The highest BCUT2D eigenvalue weighted by molar-refractivity contribution is 6.06. The highest BCUT2D eigenvalue weighted by Gasteiger charge is 2.30. The smallest absolute Gasteiger partial charge is 0.355 e. The second-order valence-electron chi connectivity index (χ2n) is 5.73. The Bertz CT molecular complexity index is 817. The Morgan fingerprint density at radius 3 is 2.54 bits per heavy atom. The van der Waals surface area contributed by atoms with Crippen LogP contribution in [-0.2, 0) is 23.8 Å². The Morgan fingerprint density at radius 1 is 1.11 bits per heavy atom. The second kappa shape index (κ2) is 10.3. The molecule has 0 radical (unpaired) electrons. The van der Waals surface area contributed by atoms with Crippen molar-refractivity contribution in [3.8, 4) is 0 Å². The van der Waals surface area contributed by atoms with Crippen molar-refractivity contribution in [2.45, 2.75) is 6.42 Å². The first-order valence-electron chi connectivity index (χ1n) is 8.61. The van der Waals surface area contributed by atoms with Crippen molar-refractivity contribution in [3.05, 3.63) is 59.7 Å². The molecule has 0 aliphatic carbocycles. The molecular weight excluding hydrogens is 367 g/mol. The summed E-state index contributed by atoms with van der Waals surface area (Å²) in [5.41, 5.74) is 0.340. The maximum atomic E-state index is 14.8. The molecule has 0 fully saturated rings. The van der Waals surface area contributed by atoms with Gasteiger partial charge in [-0.05, 0) is 30.7 Å². The maximum Gasteiger partial charge on any atom is 0.355 e. The Kier molecular flexibility index (Phi) is 7.76. The molecule has 1 heterocycles. The van der Waals surface area contributed by atoms with Crippen LogP contribution in [0.2, 0.25) is 0 Å². The minimum atomic E-state index is -0.801. The SMILES string of the molecule is COCCCNc1cccc(F)c1N1C=CC=CC(C(=O)OC)=C1C(=O)OC. The number of anilines is 2. The van der Waals surface area contributed by atoms with Crippen LogP contribution in [0, 0.1) is 5.82 Å². The zero-order chi connectivity index (χ0) is 20.5. The van der Waals surface area contributed by atoms with Crippen LogP contribution in [0.15, 0.2) is 53.9 Å². The quantitative estimate of drug-likeness (QED) is 0.540. The van der Waals surface area contributed by atoms with E-state index < -0.39 is 17.8 Å². The summed E-state index contributed by atoms with van der Waals surface area (Å²) in [6, 6.07) is 4.51. The molecule has 8 heteroatoms. The fraction of sp³-hybridized carbons (Fsp3) is 0.300. The van der Waals surface area contributed by atoms with E-state index in [1.165, 1.54) is 37.5 Å². The average Bonchev–Trinajstić information content (AvgIpc) is 2.93. The van der Waals surface area contributed by atoms with Crippen LogP contribution in [0.1, 0.15) is 6.42 Å². The van der Waals surface area contributed by atoms with Crippen molar-refractivity contribution in [3.63, 3.8) is 0 Å². The summed E-state index contributed by atoms with van der Waals surface area (Å²) in [6.45, 7) is 1.08. The van der Waals surface area contributed by atoms with Gasteiger partial charge >= 0.3 is 11.9 Å². The number of nitrogens with one attached hydrogen (secondary N) is 1. The summed E-state index contributed by atoms with van der Waals surface area (Å²) in [5.74, 6) is -2.12. The molecule has 0 aromatic heterocycles. The van der Waals surface area contributed by atoms with Crippen LogP contribution < -0.4 is 10.2 Å². The van der Waals surface area contributed by atoms with E-state index in [4.69, 9.17) is 14.2 Å². The van der Waals surface area contributed by atoms with Gasteiger partial charge in [0.05, 0.1) is 25.5 Å². The number of allylic oxidation sites excluding steroid dienone is 2. The lowest BCUT2D eigenvalue weighted by Crippen LogP contribution is -2.28. The highest BCUT2D eigenvalue weighted by Crippen LogP contribution is 2.34. The number of ether oxygens (including phenoxy) is 3. The van der Waals surface area contributed by atoms with E-state index >= 15 is 0 Å². The van der Waals surface area contributed by atoms with Crippen LogP contribution in [0.4, 0.5) is 15.8 Å². The van der Waals surface area contributed by atoms with Crippen molar-refractivity contribution in [2.75, 3.05) is 44.7 Å². The number of hydrogen-bond donors (Lipinski definition) is 1. The Morgan fingerprint density at radius 2 is 1.86 bits per heavy atom. The van der Waals surface area contributed by atoms with Crippen molar-refractivity contribution in [1.82, 2.24) is 0 Å². The lowest BCUT2D eigenvalue weighted by Gasteiger charge is -2.26. The zero-order valence-electron chi connectivity index (χ0n) is 16.0. The number of nitrogens with zero attached hydrogens (tertiary/aromatic N) is 1. The molecule has 0 atom stereocenters. The van der Waals surface area contributed by atoms with E-state index in [-0.39, 0.29) is 17.0 Å². The van der Waals surface area contributed by atoms with Gasteiger partial charge in [-0.25, -0.2) is 14.0 Å². The van der Waals surface area contributed by atoms with Crippen LogP contribution >= 0.6 is 0 Å². The molecular formula is C20H23FN2O5. The number of hydrogen-bond acceptors (Lipinski definition) is 7. The largest absolute Gasteiger partial charge is 0.465 e. The minimum absolute atomic E-state index is 0.0482. The zero-order valence-corrected chi connectivity index (χ0v) is 16.0. The number of carbonyl (C=O) groups excluding carboxylic acids is 2. The summed E-state index contributed by atoms with van der Waals surface area (Å²) >= 11 is 0. The number of halogens is 1. The molecule has 2 rings (SSSR count). The predicted molar refractivity (Wildman–Crippen MR) is 103 cm³/mol. The summed E-state index contributed by atoms with van der Waals surface area (Å²) in [6.07, 6.45) is 6.75. The van der Waals surface area contributed by atoms with Crippen LogP contribution in [0.25, 0.3) is 0 Å². The van der Waals surface area contributed by atoms with Gasteiger partial charge in [-0.2, -0.15) is 0 Å². The highest BCUT2D eigenvalue weighted by atomic mass is 19.1. The third-order valence-electron chi connectivity index (χ3n) is 3.96. The third kappa shape index (κ3) is 4.77. The third-order valence-corrected chi connectivity index (χ3v) is 3.96. The molecule has 1 N–H and O–H groups in total. The van der Waals surface area contributed by atoms with Gasteiger partial charge in [0.25, 0.3) is 0 Å². The van der Waals surface area contributed by atoms with E-state index in [0.29, 0.717) is 25.3 Å². The van der Waals surface area contributed by atoms with Crippen LogP contribution in [-0.4, -0.2) is 46.4 Å². The topological polar surface area (TPSA) is 77.1 Å². The lowest BCUT2D eigenvalue weighted by molar-refractivity contribution is -0.139. The Balaban J connectivity index is 2.57. The molecule has 1 aromatic carbocycles. The summed E-state index contributed by atoms with van der Waals surface area (Å²) < 4.78 is 29.5. The number of rotatable bonds is 8. The van der Waals surface area contributed by atoms with Crippen molar-refractivity contribution >= 4 is 23.3 Å². The summed E-state index contributed by atoms with van der Waals surface area (Å²) in [5, 5.41) is 3.14. The van der Waals surface area contributed by atoms with Crippen molar-refractivity contribution < 1.29 is 28.2 Å². The van der Waals surface area contributed by atoms with E-state index in [1.807, 2.05) is 0 Å². The first kappa shape index (κ1) is 21.2. The molecule has 1 aliphatic rings. The number of para-hydroxylation sites is 1. The minimum Gasteiger partial charge on any atom is -0.465 e. The van der Waals surface area contributed by atoms with E-state index in [0.717, 1.165) is 0 Å². The average molecular weight is 390 g/mol. The molecule has 0 saturated carbocycles. The molecule has 0 amide bonds. The van der Waals surface area contributed by atoms with Crippen molar-refractivity contribution in [2.24, 2.45) is 0 Å². The van der Waals surface area contributed by atoms with Gasteiger partial charge in [0.15, 0.2) is 0 Å². The molecule has 1 aromatic rings. The van der Waals surface area contributed by atoms with Gasteiger partial charge in [-0.1, -0.05) is 12.1 Å². The lowest BCUT2D eigenvalue weighted by atomic mass is 10.1. The molecule has 150 valence electrons. The first-order valence-corrected chi connectivity index (χ1v) is 8.61. The number of esters is 2. The second-order valence-corrected chi connectivity index (χ2v) is 5.73. The molecule has 28 heavy (non-hydrogen) atoms. The van der Waals surface area contributed by atoms with Crippen LogP contribution in [0.5, 0.6) is 0 Å². The number of carbonyl (C=O) groups is 2. The number of methoxy groups -OCH3 is 3. The molecule has 1 aliphatic heterocycles. The fourth-order valence-electron chi connectivity index (χ4n) is 2.68.